The Morgan fingerprint density at radius 2 is 1.66 bits per heavy atom. The fourth-order valence-electron chi connectivity index (χ4n) is 5.24. The molecule has 7 heteroatoms. The topological polar surface area (TPSA) is 81.8 Å². The zero-order valence-corrected chi connectivity index (χ0v) is 18.6. The first-order valence-electron chi connectivity index (χ1n) is 11.2. The summed E-state index contributed by atoms with van der Waals surface area (Å²) in [6.45, 7) is 0.648. The monoisotopic (exact) mass is 434 g/mol. The zero-order valence-electron chi connectivity index (χ0n) is 18.6. The smallest absolute Gasteiger partial charge is 0.323 e. The molecule has 4 rings (SSSR count). The standard InChI is InChI=1S/C25H30N4O3/c1-26-22(30)20-17-25(15-9-10-16-28(2)23(25)31)29(21(20)18-11-5-3-6-12-18)24(32)27-19-13-7-4-8-14-19/h3-8,11-14,20-21H,9-10,15-17H2,1-2H3,(H,26,30)(H,27,32)/t20-,21-,25-/m0/s1. The van der Waals surface area contributed by atoms with Crippen LogP contribution in [0.15, 0.2) is 60.7 Å². The number of benzene rings is 2. The summed E-state index contributed by atoms with van der Waals surface area (Å²) in [5.74, 6) is -0.780. The van der Waals surface area contributed by atoms with Crippen LogP contribution in [0.4, 0.5) is 10.5 Å². The van der Waals surface area contributed by atoms with Gasteiger partial charge in [-0.15, -0.1) is 0 Å². The highest BCUT2D eigenvalue weighted by Crippen LogP contribution is 2.50. The Kier molecular flexibility index (Phi) is 6.17. The molecule has 0 unspecified atom stereocenters. The van der Waals surface area contributed by atoms with Crippen molar-refractivity contribution in [3.63, 3.8) is 0 Å². The molecule has 2 saturated heterocycles. The van der Waals surface area contributed by atoms with Gasteiger partial charge in [-0.1, -0.05) is 48.5 Å². The van der Waals surface area contributed by atoms with Gasteiger partial charge in [-0.3, -0.25) is 9.59 Å². The van der Waals surface area contributed by atoms with E-state index in [2.05, 4.69) is 10.6 Å². The van der Waals surface area contributed by atoms with Crippen molar-refractivity contribution in [2.75, 3.05) is 26.0 Å². The number of likely N-dealkylation sites (N-methyl/N-ethyl adjacent to an activating group) is 1. The Morgan fingerprint density at radius 1 is 1.00 bits per heavy atom. The molecular weight excluding hydrogens is 404 g/mol. The number of hydrogen-bond donors (Lipinski definition) is 2. The number of para-hydroxylation sites is 1. The largest absolute Gasteiger partial charge is 0.359 e. The molecule has 2 aliphatic heterocycles. The first kappa shape index (κ1) is 21.9. The summed E-state index contributed by atoms with van der Waals surface area (Å²) >= 11 is 0. The summed E-state index contributed by atoms with van der Waals surface area (Å²) in [7, 11) is 3.39. The highest BCUT2D eigenvalue weighted by atomic mass is 16.2. The van der Waals surface area contributed by atoms with Crippen molar-refractivity contribution in [3.8, 4) is 0 Å². The lowest BCUT2D eigenvalue weighted by Crippen LogP contribution is -2.58. The summed E-state index contributed by atoms with van der Waals surface area (Å²) in [5, 5.41) is 5.73. The van der Waals surface area contributed by atoms with Gasteiger partial charge in [-0.05, 0) is 43.4 Å². The van der Waals surface area contributed by atoms with E-state index in [1.54, 1.807) is 23.9 Å². The highest BCUT2D eigenvalue weighted by molar-refractivity contribution is 5.98. The molecule has 7 nitrogen and oxygen atoms in total. The lowest BCUT2D eigenvalue weighted by Gasteiger charge is -2.40. The van der Waals surface area contributed by atoms with E-state index in [9.17, 15) is 14.4 Å². The van der Waals surface area contributed by atoms with Crippen molar-refractivity contribution < 1.29 is 14.4 Å². The van der Waals surface area contributed by atoms with E-state index in [1.807, 2.05) is 60.7 Å². The molecule has 2 fully saturated rings. The van der Waals surface area contributed by atoms with Crippen molar-refractivity contribution in [2.45, 2.75) is 37.3 Å². The number of nitrogens with zero attached hydrogens (tertiary/aromatic N) is 2. The number of urea groups is 1. The maximum absolute atomic E-state index is 13.8. The summed E-state index contributed by atoms with van der Waals surface area (Å²) in [6, 6.07) is 17.9. The number of carbonyl (C=O) groups is 3. The number of carbonyl (C=O) groups excluding carboxylic acids is 3. The molecule has 2 aromatic carbocycles. The van der Waals surface area contributed by atoms with Crippen molar-refractivity contribution in [1.82, 2.24) is 15.1 Å². The first-order valence-corrected chi connectivity index (χ1v) is 11.2. The molecule has 0 aliphatic carbocycles. The number of anilines is 1. The van der Waals surface area contributed by atoms with Gasteiger partial charge < -0.3 is 20.4 Å². The second kappa shape index (κ2) is 9.02. The maximum Gasteiger partial charge on any atom is 0.323 e. The predicted octanol–water partition coefficient (Wildman–Crippen LogP) is 3.41. The zero-order chi connectivity index (χ0) is 22.7. The van der Waals surface area contributed by atoms with Crippen LogP contribution in [0.2, 0.25) is 0 Å². The molecule has 0 aromatic heterocycles. The first-order chi connectivity index (χ1) is 15.5. The molecular formula is C25H30N4O3. The van der Waals surface area contributed by atoms with E-state index in [0.29, 0.717) is 25.1 Å². The minimum Gasteiger partial charge on any atom is -0.359 e. The Bertz CT molecular complexity index is 981. The van der Waals surface area contributed by atoms with Crippen LogP contribution in [0.3, 0.4) is 0 Å². The lowest BCUT2D eigenvalue weighted by molar-refractivity contribution is -0.140. The van der Waals surface area contributed by atoms with Crippen LogP contribution in [0.25, 0.3) is 0 Å². The van der Waals surface area contributed by atoms with Gasteiger partial charge in [0.05, 0.1) is 12.0 Å². The fraction of sp³-hybridized carbons (Fsp3) is 0.400. The van der Waals surface area contributed by atoms with Crippen molar-refractivity contribution >= 4 is 23.5 Å². The van der Waals surface area contributed by atoms with Gasteiger partial charge in [0, 0.05) is 26.3 Å². The molecule has 0 saturated carbocycles. The number of hydrogen-bond acceptors (Lipinski definition) is 3. The minimum absolute atomic E-state index is 0.0921. The normalized spacial score (nSPS) is 25.5. The molecule has 1 spiro atoms. The van der Waals surface area contributed by atoms with Crippen molar-refractivity contribution in [2.24, 2.45) is 5.92 Å². The van der Waals surface area contributed by atoms with Gasteiger partial charge in [0.25, 0.3) is 0 Å². The third kappa shape index (κ3) is 3.83. The lowest BCUT2D eigenvalue weighted by atomic mass is 9.85. The third-order valence-corrected chi connectivity index (χ3v) is 6.72. The Hall–Kier alpha value is -3.35. The van der Waals surface area contributed by atoms with E-state index >= 15 is 0 Å². The molecule has 168 valence electrons. The summed E-state index contributed by atoms with van der Waals surface area (Å²) in [4.78, 5) is 44.0. The predicted molar refractivity (Wildman–Crippen MR) is 123 cm³/mol. The van der Waals surface area contributed by atoms with E-state index in [1.165, 1.54) is 0 Å². The van der Waals surface area contributed by atoms with E-state index in [0.717, 1.165) is 18.4 Å². The third-order valence-electron chi connectivity index (χ3n) is 6.72. The van der Waals surface area contributed by atoms with Gasteiger partial charge in [0.15, 0.2) is 0 Å². The number of amides is 4. The Morgan fingerprint density at radius 3 is 2.31 bits per heavy atom. The van der Waals surface area contributed by atoms with E-state index < -0.39 is 17.5 Å². The van der Waals surface area contributed by atoms with Gasteiger partial charge in [0.2, 0.25) is 11.8 Å². The number of rotatable bonds is 3. The molecule has 32 heavy (non-hydrogen) atoms. The molecule has 4 amide bonds. The van der Waals surface area contributed by atoms with Crippen LogP contribution in [0, 0.1) is 5.92 Å². The van der Waals surface area contributed by atoms with E-state index in [4.69, 9.17) is 0 Å². The SMILES string of the molecule is CNC(=O)[C@H]1C[C@]2(CCCCN(C)C2=O)N(C(=O)Nc2ccccc2)[C@H]1c1ccccc1. The maximum atomic E-state index is 13.8. The molecule has 2 heterocycles. The quantitative estimate of drug-likeness (QED) is 0.777. The number of likely N-dealkylation sites (tertiary alicyclic amines) is 2. The second-order valence-electron chi connectivity index (χ2n) is 8.66. The summed E-state index contributed by atoms with van der Waals surface area (Å²) < 4.78 is 0. The van der Waals surface area contributed by atoms with Crippen LogP contribution in [-0.4, -0.2) is 53.8 Å². The fourth-order valence-corrected chi connectivity index (χ4v) is 5.24. The average molecular weight is 435 g/mol. The second-order valence-corrected chi connectivity index (χ2v) is 8.66. The minimum atomic E-state index is -1.07. The van der Waals surface area contributed by atoms with Gasteiger partial charge >= 0.3 is 6.03 Å². The van der Waals surface area contributed by atoms with Gasteiger partial charge in [-0.2, -0.15) is 0 Å². The Balaban J connectivity index is 1.85. The highest BCUT2D eigenvalue weighted by Gasteiger charge is 2.60. The Labute approximate surface area is 188 Å². The van der Waals surface area contributed by atoms with Crippen LogP contribution < -0.4 is 10.6 Å². The van der Waals surface area contributed by atoms with Crippen LogP contribution in [0.5, 0.6) is 0 Å². The van der Waals surface area contributed by atoms with Gasteiger partial charge in [-0.25, -0.2) is 4.79 Å². The molecule has 3 atom stereocenters. The van der Waals surface area contributed by atoms with Crippen LogP contribution in [-0.2, 0) is 9.59 Å². The summed E-state index contributed by atoms with van der Waals surface area (Å²) in [5.41, 5.74) is 0.431. The average Bonchev–Trinajstić information content (AvgIpc) is 3.11. The molecule has 2 N–H and O–H groups in total. The van der Waals surface area contributed by atoms with Crippen molar-refractivity contribution in [1.29, 1.82) is 0 Å². The van der Waals surface area contributed by atoms with Crippen LogP contribution >= 0.6 is 0 Å². The summed E-state index contributed by atoms with van der Waals surface area (Å²) in [6.07, 6.45) is 2.53. The molecule has 2 aliphatic rings. The van der Waals surface area contributed by atoms with Gasteiger partial charge in [0.1, 0.15) is 5.54 Å². The molecule has 0 radical (unpaired) electrons. The van der Waals surface area contributed by atoms with Crippen LogP contribution in [0.1, 0.15) is 37.3 Å². The molecule has 2 aromatic rings. The van der Waals surface area contributed by atoms with E-state index in [-0.39, 0.29) is 17.8 Å². The van der Waals surface area contributed by atoms with Crippen molar-refractivity contribution in [3.05, 3.63) is 66.2 Å². The number of nitrogens with one attached hydrogen (secondary N) is 2. The molecule has 0 bridgehead atoms.